The molecule has 3 rings (SSSR count). The summed E-state index contributed by atoms with van der Waals surface area (Å²) in [5, 5.41) is 4.43. The molecular weight excluding hydrogens is 246 g/mol. The lowest BCUT2D eigenvalue weighted by Gasteiger charge is -2.11. The van der Waals surface area contributed by atoms with Crippen molar-refractivity contribution in [1.82, 2.24) is 10.3 Å². The summed E-state index contributed by atoms with van der Waals surface area (Å²) in [6, 6.07) is 9.86. The minimum atomic E-state index is -0.293. The molecule has 0 saturated carbocycles. The number of pyridine rings is 1. The number of hydrogen-bond donors (Lipinski definition) is 2. The first-order chi connectivity index (χ1) is 8.74. The number of primary amides is 1. The lowest BCUT2D eigenvalue weighted by atomic mass is 10.1. The van der Waals surface area contributed by atoms with Gasteiger partial charge >= 0.3 is 0 Å². The molecule has 1 amide bonds. The van der Waals surface area contributed by atoms with Crippen LogP contribution in [0.4, 0.5) is 0 Å². The number of hydrogen-bond acceptors (Lipinski definition) is 4. The Morgan fingerprint density at radius 2 is 2.28 bits per heavy atom. The number of nitrogens with two attached hydrogens (primary N) is 1. The molecule has 5 heteroatoms. The largest absolute Gasteiger partial charge is 0.368 e. The number of nitrogens with zero attached hydrogens (tertiary/aromatic N) is 1. The molecule has 0 spiro atoms. The number of carbonyl (C=O) groups is 1. The summed E-state index contributed by atoms with van der Waals surface area (Å²) in [5.74, 6) is 0.422. The fourth-order valence-electron chi connectivity index (χ4n) is 2.06. The van der Waals surface area contributed by atoms with Gasteiger partial charge in [-0.3, -0.25) is 15.1 Å². The topological polar surface area (TPSA) is 68.0 Å². The van der Waals surface area contributed by atoms with E-state index in [4.69, 9.17) is 5.73 Å². The van der Waals surface area contributed by atoms with Crippen molar-refractivity contribution in [2.45, 2.75) is 11.4 Å². The fraction of sp³-hybridized carbons (Fsp3) is 0.231. The zero-order valence-electron chi connectivity index (χ0n) is 9.67. The summed E-state index contributed by atoms with van der Waals surface area (Å²) in [7, 11) is 0. The second-order valence-corrected chi connectivity index (χ2v) is 5.43. The molecule has 3 N–H and O–H groups in total. The van der Waals surface area contributed by atoms with E-state index in [9.17, 15) is 4.79 Å². The molecule has 1 fully saturated rings. The monoisotopic (exact) mass is 259 g/mol. The minimum absolute atomic E-state index is 0.0969. The van der Waals surface area contributed by atoms with Gasteiger partial charge in [0.25, 0.3) is 0 Å². The van der Waals surface area contributed by atoms with E-state index < -0.39 is 0 Å². The summed E-state index contributed by atoms with van der Waals surface area (Å²) >= 11 is 1.69. The van der Waals surface area contributed by atoms with Crippen LogP contribution in [0.1, 0.15) is 10.9 Å². The maximum absolute atomic E-state index is 11.1. The Morgan fingerprint density at radius 1 is 1.44 bits per heavy atom. The Hall–Kier alpha value is -1.59. The molecule has 2 aromatic rings. The number of carbonyl (C=O) groups excluding carboxylic acids is 1. The summed E-state index contributed by atoms with van der Waals surface area (Å²) in [6.45, 7) is 0. The first-order valence-corrected chi connectivity index (χ1v) is 6.80. The standard InChI is InChI=1S/C13H13N3OS/c14-12(17)11-7-18-13(16-11)9-5-8-3-1-2-4-10(8)15-6-9/h1-6,11,13,16H,7H2,(H2,14,17). The zero-order chi connectivity index (χ0) is 12.5. The highest BCUT2D eigenvalue weighted by Crippen LogP contribution is 2.33. The first-order valence-electron chi connectivity index (χ1n) is 5.76. The van der Waals surface area contributed by atoms with E-state index in [1.54, 1.807) is 11.8 Å². The Bertz CT molecular complexity index is 602. The summed E-state index contributed by atoms with van der Waals surface area (Å²) in [6.07, 6.45) is 1.86. The molecule has 2 unspecified atom stereocenters. The molecule has 4 nitrogen and oxygen atoms in total. The number of nitrogens with one attached hydrogen (secondary N) is 1. The predicted molar refractivity (Wildman–Crippen MR) is 73.1 cm³/mol. The van der Waals surface area contributed by atoms with E-state index in [1.165, 1.54) is 0 Å². The highest BCUT2D eigenvalue weighted by Gasteiger charge is 2.29. The van der Waals surface area contributed by atoms with E-state index in [-0.39, 0.29) is 17.3 Å². The van der Waals surface area contributed by atoms with Gasteiger partial charge in [-0.2, -0.15) is 0 Å². The lowest BCUT2D eigenvalue weighted by molar-refractivity contribution is -0.119. The Morgan fingerprint density at radius 3 is 3.06 bits per heavy atom. The van der Waals surface area contributed by atoms with Gasteiger partial charge in [0.05, 0.1) is 16.9 Å². The molecule has 2 atom stereocenters. The Balaban J connectivity index is 1.89. The van der Waals surface area contributed by atoms with Crippen LogP contribution in [0.2, 0.25) is 0 Å². The summed E-state index contributed by atoms with van der Waals surface area (Å²) in [4.78, 5) is 15.5. The van der Waals surface area contributed by atoms with Crippen LogP contribution in [0.25, 0.3) is 10.9 Å². The smallest absolute Gasteiger partial charge is 0.235 e. The van der Waals surface area contributed by atoms with Crippen molar-refractivity contribution in [3.8, 4) is 0 Å². The number of benzene rings is 1. The molecule has 0 bridgehead atoms. The summed E-state index contributed by atoms with van der Waals surface area (Å²) in [5.41, 5.74) is 7.37. The van der Waals surface area contributed by atoms with Crippen molar-refractivity contribution in [3.05, 3.63) is 42.1 Å². The summed E-state index contributed by atoms with van der Waals surface area (Å²) < 4.78 is 0. The van der Waals surface area contributed by atoms with Crippen molar-refractivity contribution < 1.29 is 4.79 Å². The van der Waals surface area contributed by atoms with E-state index >= 15 is 0 Å². The number of amides is 1. The normalized spacial score (nSPS) is 23.3. The molecule has 1 aromatic carbocycles. The first kappa shape index (κ1) is 11.5. The van der Waals surface area contributed by atoms with Crippen molar-refractivity contribution >= 4 is 28.6 Å². The number of rotatable bonds is 2. The second kappa shape index (κ2) is 4.59. The van der Waals surface area contributed by atoms with Crippen molar-refractivity contribution in [2.24, 2.45) is 5.73 Å². The third-order valence-corrected chi connectivity index (χ3v) is 4.31. The van der Waals surface area contributed by atoms with Gasteiger partial charge in [0.15, 0.2) is 0 Å². The third kappa shape index (κ3) is 2.07. The molecule has 0 aliphatic carbocycles. The maximum atomic E-state index is 11.1. The van der Waals surface area contributed by atoms with Crippen LogP contribution in [0, 0.1) is 0 Å². The highest BCUT2D eigenvalue weighted by atomic mass is 32.2. The molecule has 0 radical (unpaired) electrons. The SMILES string of the molecule is NC(=O)C1CSC(c2cnc3ccccc3c2)N1. The van der Waals surface area contributed by atoms with Crippen LogP contribution in [-0.4, -0.2) is 22.7 Å². The molecular formula is C13H13N3OS. The van der Waals surface area contributed by atoms with Crippen LogP contribution >= 0.6 is 11.8 Å². The van der Waals surface area contributed by atoms with Crippen LogP contribution in [0.15, 0.2) is 36.5 Å². The molecule has 1 aliphatic heterocycles. The Labute approximate surface area is 109 Å². The van der Waals surface area contributed by atoms with Gasteiger partial charge in [-0.1, -0.05) is 18.2 Å². The molecule has 1 saturated heterocycles. The number of para-hydroxylation sites is 1. The van der Waals surface area contributed by atoms with Crippen LogP contribution < -0.4 is 11.1 Å². The second-order valence-electron chi connectivity index (χ2n) is 4.30. The van der Waals surface area contributed by atoms with Crippen LogP contribution in [0.5, 0.6) is 0 Å². The molecule has 92 valence electrons. The van der Waals surface area contributed by atoms with Gasteiger partial charge in [-0.05, 0) is 17.7 Å². The highest BCUT2D eigenvalue weighted by molar-refractivity contribution is 7.99. The molecule has 18 heavy (non-hydrogen) atoms. The van der Waals surface area contributed by atoms with E-state index in [0.717, 1.165) is 16.5 Å². The van der Waals surface area contributed by atoms with E-state index in [0.29, 0.717) is 5.75 Å². The maximum Gasteiger partial charge on any atom is 0.235 e. The lowest BCUT2D eigenvalue weighted by Crippen LogP contribution is -2.38. The Kier molecular flexibility index (Phi) is 2.93. The van der Waals surface area contributed by atoms with E-state index in [1.807, 2.05) is 30.5 Å². The predicted octanol–water partition coefficient (Wildman–Crippen LogP) is 1.42. The van der Waals surface area contributed by atoms with Crippen molar-refractivity contribution in [3.63, 3.8) is 0 Å². The number of thioether (sulfide) groups is 1. The van der Waals surface area contributed by atoms with E-state index in [2.05, 4.69) is 16.4 Å². The average Bonchev–Trinajstić information content (AvgIpc) is 2.88. The van der Waals surface area contributed by atoms with Gasteiger partial charge in [0, 0.05) is 17.3 Å². The molecule has 1 aromatic heterocycles. The third-order valence-electron chi connectivity index (χ3n) is 3.04. The van der Waals surface area contributed by atoms with Gasteiger partial charge in [-0.15, -0.1) is 11.8 Å². The van der Waals surface area contributed by atoms with Crippen LogP contribution in [-0.2, 0) is 4.79 Å². The number of fused-ring (bicyclic) bond motifs is 1. The van der Waals surface area contributed by atoms with Gasteiger partial charge in [0.2, 0.25) is 5.91 Å². The van der Waals surface area contributed by atoms with Crippen molar-refractivity contribution in [1.29, 1.82) is 0 Å². The molecule has 1 aliphatic rings. The average molecular weight is 259 g/mol. The number of aromatic nitrogens is 1. The quantitative estimate of drug-likeness (QED) is 0.856. The van der Waals surface area contributed by atoms with Gasteiger partial charge in [0.1, 0.15) is 0 Å². The van der Waals surface area contributed by atoms with Gasteiger partial charge in [-0.25, -0.2) is 0 Å². The zero-order valence-corrected chi connectivity index (χ0v) is 10.5. The van der Waals surface area contributed by atoms with Crippen molar-refractivity contribution in [2.75, 3.05) is 5.75 Å². The van der Waals surface area contributed by atoms with Gasteiger partial charge < -0.3 is 5.73 Å². The van der Waals surface area contributed by atoms with Crippen LogP contribution in [0.3, 0.4) is 0 Å². The minimum Gasteiger partial charge on any atom is -0.368 e. The fourth-order valence-corrected chi connectivity index (χ4v) is 3.29. The molecule has 2 heterocycles.